The number of aryl methyl sites for hydroxylation is 2. The molecule has 0 spiro atoms. The predicted molar refractivity (Wildman–Crippen MR) is 85.7 cm³/mol. The highest BCUT2D eigenvalue weighted by Crippen LogP contribution is 2.25. The Hall–Kier alpha value is -2.96. The molecule has 2 aromatic heterocycles. The molecule has 118 valence electrons. The standard InChI is InChI=1S/C16H16N4O3/c1-9-15(12-6-4-5-7-13(12)17-9)14(21)8-19-11(3)16(20(22)23)10(2)18-19/h4-7,17H,8H2,1-3H3. The third-order valence-corrected chi connectivity index (χ3v) is 3.99. The highest BCUT2D eigenvalue weighted by atomic mass is 16.6. The zero-order valence-electron chi connectivity index (χ0n) is 13.1. The number of Topliss-reactive ketones (excluding diaryl/α,β-unsaturated/α-hetero) is 1. The first-order valence-corrected chi connectivity index (χ1v) is 7.19. The van der Waals surface area contributed by atoms with Crippen LogP contribution in [0.4, 0.5) is 5.69 Å². The molecule has 2 heterocycles. The number of carbonyl (C=O) groups is 1. The summed E-state index contributed by atoms with van der Waals surface area (Å²) in [7, 11) is 0. The van der Waals surface area contributed by atoms with E-state index in [1.54, 1.807) is 13.8 Å². The number of carbonyl (C=O) groups excluding carboxylic acids is 1. The van der Waals surface area contributed by atoms with E-state index in [0.717, 1.165) is 16.6 Å². The van der Waals surface area contributed by atoms with Crippen molar-refractivity contribution in [3.63, 3.8) is 0 Å². The first-order valence-electron chi connectivity index (χ1n) is 7.19. The number of benzene rings is 1. The Kier molecular flexibility index (Phi) is 3.48. The van der Waals surface area contributed by atoms with E-state index in [1.807, 2.05) is 31.2 Å². The van der Waals surface area contributed by atoms with E-state index in [-0.39, 0.29) is 18.0 Å². The molecular weight excluding hydrogens is 296 g/mol. The number of H-pyrrole nitrogens is 1. The SMILES string of the molecule is Cc1nn(CC(=O)c2c(C)[nH]c3ccccc23)c(C)c1[N+](=O)[O-]. The smallest absolute Gasteiger partial charge is 0.312 e. The van der Waals surface area contributed by atoms with Crippen LogP contribution in [0.1, 0.15) is 27.4 Å². The summed E-state index contributed by atoms with van der Waals surface area (Å²) in [4.78, 5) is 26.5. The Morgan fingerprint density at radius 3 is 2.65 bits per heavy atom. The molecule has 0 aliphatic carbocycles. The van der Waals surface area contributed by atoms with Gasteiger partial charge in [-0.15, -0.1) is 0 Å². The van der Waals surface area contributed by atoms with Crippen LogP contribution in [-0.2, 0) is 6.54 Å². The summed E-state index contributed by atoms with van der Waals surface area (Å²) in [6.45, 7) is 5.00. The number of fused-ring (bicyclic) bond motifs is 1. The summed E-state index contributed by atoms with van der Waals surface area (Å²) < 4.78 is 1.40. The van der Waals surface area contributed by atoms with Crippen molar-refractivity contribution in [2.45, 2.75) is 27.3 Å². The molecule has 0 aliphatic rings. The van der Waals surface area contributed by atoms with Crippen molar-refractivity contribution in [2.24, 2.45) is 0 Å². The summed E-state index contributed by atoms with van der Waals surface area (Å²) in [6, 6.07) is 7.57. The number of aromatic amines is 1. The van der Waals surface area contributed by atoms with Crippen LogP contribution in [0.5, 0.6) is 0 Å². The Morgan fingerprint density at radius 2 is 2.00 bits per heavy atom. The number of nitrogens with zero attached hydrogens (tertiary/aromatic N) is 3. The molecular formula is C16H16N4O3. The number of rotatable bonds is 4. The summed E-state index contributed by atoms with van der Waals surface area (Å²) >= 11 is 0. The number of hydrogen-bond donors (Lipinski definition) is 1. The molecule has 7 heteroatoms. The molecule has 0 amide bonds. The number of para-hydroxylation sites is 1. The summed E-state index contributed by atoms with van der Waals surface area (Å²) in [5.74, 6) is -0.125. The van der Waals surface area contributed by atoms with Crippen LogP contribution in [0, 0.1) is 30.9 Å². The van der Waals surface area contributed by atoms with Gasteiger partial charge in [-0.05, 0) is 26.8 Å². The highest BCUT2D eigenvalue weighted by molar-refractivity contribution is 6.09. The van der Waals surface area contributed by atoms with Gasteiger partial charge in [-0.25, -0.2) is 0 Å². The third kappa shape index (κ3) is 2.40. The first kappa shape index (κ1) is 15.0. The molecule has 0 radical (unpaired) electrons. The average Bonchev–Trinajstić information content (AvgIpc) is 2.95. The Balaban J connectivity index is 2.00. The largest absolute Gasteiger partial charge is 0.358 e. The van der Waals surface area contributed by atoms with Crippen LogP contribution in [0.15, 0.2) is 24.3 Å². The molecule has 0 unspecified atom stereocenters. The topological polar surface area (TPSA) is 93.8 Å². The average molecular weight is 312 g/mol. The highest BCUT2D eigenvalue weighted by Gasteiger charge is 2.24. The second kappa shape index (κ2) is 5.35. The van der Waals surface area contributed by atoms with Gasteiger partial charge in [0.2, 0.25) is 0 Å². The van der Waals surface area contributed by atoms with Crippen LogP contribution in [0.3, 0.4) is 0 Å². The summed E-state index contributed by atoms with van der Waals surface area (Å²) in [6.07, 6.45) is 0. The molecule has 1 N–H and O–H groups in total. The van der Waals surface area contributed by atoms with Crippen molar-refractivity contribution in [3.8, 4) is 0 Å². The first-order chi connectivity index (χ1) is 10.9. The van der Waals surface area contributed by atoms with E-state index in [9.17, 15) is 14.9 Å². The van der Waals surface area contributed by atoms with E-state index in [1.165, 1.54) is 4.68 Å². The molecule has 23 heavy (non-hydrogen) atoms. The minimum absolute atomic E-state index is 0.0246. The summed E-state index contributed by atoms with van der Waals surface area (Å²) in [5.41, 5.74) is 2.96. The van der Waals surface area contributed by atoms with Gasteiger partial charge >= 0.3 is 5.69 Å². The lowest BCUT2D eigenvalue weighted by Gasteiger charge is -2.04. The normalized spacial score (nSPS) is 11.1. The number of hydrogen-bond acceptors (Lipinski definition) is 4. The van der Waals surface area contributed by atoms with Crippen molar-refractivity contribution in [1.29, 1.82) is 0 Å². The van der Waals surface area contributed by atoms with Crippen molar-refractivity contribution in [1.82, 2.24) is 14.8 Å². The molecule has 3 aromatic rings. The Morgan fingerprint density at radius 1 is 1.30 bits per heavy atom. The van der Waals surface area contributed by atoms with E-state index in [2.05, 4.69) is 10.1 Å². The Bertz CT molecular complexity index is 936. The van der Waals surface area contributed by atoms with Gasteiger partial charge in [0.15, 0.2) is 5.78 Å². The van der Waals surface area contributed by atoms with Crippen LogP contribution < -0.4 is 0 Å². The molecule has 0 fully saturated rings. The second-order valence-corrected chi connectivity index (χ2v) is 5.53. The molecule has 1 aromatic carbocycles. The third-order valence-electron chi connectivity index (χ3n) is 3.99. The molecule has 3 rings (SSSR count). The fraction of sp³-hybridized carbons (Fsp3) is 0.250. The van der Waals surface area contributed by atoms with Crippen LogP contribution in [0.25, 0.3) is 10.9 Å². The van der Waals surface area contributed by atoms with Crippen LogP contribution in [-0.4, -0.2) is 25.5 Å². The van der Waals surface area contributed by atoms with Crippen molar-refractivity contribution in [3.05, 3.63) is 57.0 Å². The lowest BCUT2D eigenvalue weighted by Crippen LogP contribution is -2.14. The van der Waals surface area contributed by atoms with Crippen LogP contribution >= 0.6 is 0 Å². The molecule has 7 nitrogen and oxygen atoms in total. The van der Waals surface area contributed by atoms with Crippen molar-refractivity contribution >= 4 is 22.4 Å². The molecule has 0 atom stereocenters. The van der Waals surface area contributed by atoms with Gasteiger partial charge in [0.25, 0.3) is 0 Å². The van der Waals surface area contributed by atoms with Gasteiger partial charge < -0.3 is 4.98 Å². The maximum Gasteiger partial charge on any atom is 0.312 e. The van der Waals surface area contributed by atoms with Gasteiger partial charge in [-0.1, -0.05) is 18.2 Å². The zero-order chi connectivity index (χ0) is 16.7. The predicted octanol–water partition coefficient (Wildman–Crippen LogP) is 3.08. The Labute approximate surface area is 132 Å². The molecule has 0 saturated carbocycles. The maximum atomic E-state index is 12.7. The second-order valence-electron chi connectivity index (χ2n) is 5.53. The van der Waals surface area contributed by atoms with E-state index >= 15 is 0 Å². The number of ketones is 1. The number of nitro groups is 1. The quantitative estimate of drug-likeness (QED) is 0.455. The lowest BCUT2D eigenvalue weighted by atomic mass is 10.1. The minimum Gasteiger partial charge on any atom is -0.358 e. The van der Waals surface area contributed by atoms with Crippen molar-refractivity contribution < 1.29 is 9.72 Å². The number of aromatic nitrogens is 3. The molecule has 0 aliphatic heterocycles. The van der Waals surface area contributed by atoms with Crippen molar-refractivity contribution in [2.75, 3.05) is 0 Å². The van der Waals surface area contributed by atoms with Gasteiger partial charge in [0, 0.05) is 22.2 Å². The molecule has 0 bridgehead atoms. The maximum absolute atomic E-state index is 12.7. The van der Waals surface area contributed by atoms with Gasteiger partial charge in [-0.3, -0.25) is 19.6 Å². The van der Waals surface area contributed by atoms with Gasteiger partial charge in [0.05, 0.1) is 4.92 Å². The van der Waals surface area contributed by atoms with E-state index in [4.69, 9.17) is 0 Å². The van der Waals surface area contributed by atoms with Gasteiger partial charge in [0.1, 0.15) is 17.9 Å². The lowest BCUT2D eigenvalue weighted by molar-refractivity contribution is -0.386. The van der Waals surface area contributed by atoms with E-state index in [0.29, 0.717) is 17.0 Å². The molecule has 0 saturated heterocycles. The van der Waals surface area contributed by atoms with Gasteiger partial charge in [-0.2, -0.15) is 5.10 Å². The fourth-order valence-corrected chi connectivity index (χ4v) is 2.96. The number of nitrogens with one attached hydrogen (secondary N) is 1. The summed E-state index contributed by atoms with van der Waals surface area (Å²) in [5, 5.41) is 16.0. The monoisotopic (exact) mass is 312 g/mol. The fourth-order valence-electron chi connectivity index (χ4n) is 2.96. The zero-order valence-corrected chi connectivity index (χ0v) is 13.1. The minimum atomic E-state index is -0.463. The van der Waals surface area contributed by atoms with E-state index < -0.39 is 4.92 Å². The van der Waals surface area contributed by atoms with Crippen LogP contribution in [0.2, 0.25) is 0 Å².